The summed E-state index contributed by atoms with van der Waals surface area (Å²) < 4.78 is 2.82. The molecule has 3 rings (SSSR count). The summed E-state index contributed by atoms with van der Waals surface area (Å²) in [4.78, 5) is 0. The van der Waals surface area contributed by atoms with Crippen LogP contribution in [0.3, 0.4) is 0 Å². The van der Waals surface area contributed by atoms with Crippen molar-refractivity contribution in [2.45, 2.75) is 19.9 Å². The predicted molar refractivity (Wildman–Crippen MR) is 72.6 cm³/mol. The van der Waals surface area contributed by atoms with Gasteiger partial charge in [0.25, 0.3) is 0 Å². The largest absolute Gasteiger partial charge is 0.399 e. The predicted octanol–water partition coefficient (Wildman–Crippen LogP) is 2.34. The van der Waals surface area contributed by atoms with Crippen LogP contribution in [0.2, 0.25) is 0 Å². The number of anilines is 1. The van der Waals surface area contributed by atoms with Crippen LogP contribution in [0.4, 0.5) is 5.69 Å². The van der Waals surface area contributed by atoms with Gasteiger partial charge in [-0.05, 0) is 46.9 Å². The quantitative estimate of drug-likeness (QED) is 0.884. The molecule has 5 nitrogen and oxygen atoms in total. The van der Waals surface area contributed by atoms with Gasteiger partial charge in [-0.15, -0.1) is 5.10 Å². The number of hydrogen-bond donors (Lipinski definition) is 1. The van der Waals surface area contributed by atoms with E-state index in [1.165, 1.54) is 6.42 Å². The van der Waals surface area contributed by atoms with Crippen LogP contribution in [0.1, 0.15) is 13.3 Å². The van der Waals surface area contributed by atoms with Crippen LogP contribution in [0.5, 0.6) is 0 Å². The summed E-state index contributed by atoms with van der Waals surface area (Å²) in [5.74, 6) is 2.26. The number of aromatic nitrogens is 4. The molecule has 94 valence electrons. The number of nitrogen functional groups attached to an aromatic ring is 1. The molecule has 1 aromatic heterocycles. The average Bonchev–Trinajstić information content (AvgIpc) is 2.86. The van der Waals surface area contributed by atoms with E-state index >= 15 is 0 Å². The first-order chi connectivity index (χ1) is 8.65. The maximum absolute atomic E-state index is 5.82. The Morgan fingerprint density at radius 2 is 2.28 bits per heavy atom. The minimum atomic E-state index is 0.701. The number of halogens is 1. The molecule has 2 unspecified atom stereocenters. The van der Waals surface area contributed by atoms with Gasteiger partial charge in [-0.2, -0.15) is 0 Å². The molecule has 0 amide bonds. The Balaban J connectivity index is 1.96. The van der Waals surface area contributed by atoms with E-state index in [1.807, 2.05) is 22.9 Å². The Bertz CT molecular complexity index is 580. The zero-order valence-corrected chi connectivity index (χ0v) is 11.6. The third-order valence-corrected chi connectivity index (χ3v) is 4.14. The Kier molecular flexibility index (Phi) is 2.81. The van der Waals surface area contributed by atoms with Crippen molar-refractivity contribution in [3.05, 3.63) is 22.7 Å². The molecule has 2 N–H and O–H groups in total. The van der Waals surface area contributed by atoms with Crippen LogP contribution >= 0.6 is 15.9 Å². The molecule has 1 aliphatic rings. The van der Waals surface area contributed by atoms with Gasteiger partial charge in [0.05, 0.1) is 0 Å². The van der Waals surface area contributed by atoms with Gasteiger partial charge in [-0.1, -0.05) is 22.9 Å². The Hall–Kier alpha value is -1.43. The van der Waals surface area contributed by atoms with Gasteiger partial charge in [-0.25, -0.2) is 4.68 Å². The molecule has 0 aliphatic heterocycles. The molecule has 0 spiro atoms. The van der Waals surface area contributed by atoms with Crippen molar-refractivity contribution in [2.24, 2.45) is 11.8 Å². The highest BCUT2D eigenvalue weighted by Crippen LogP contribution is 2.39. The normalized spacial score (nSPS) is 22.1. The van der Waals surface area contributed by atoms with Crippen molar-refractivity contribution in [2.75, 3.05) is 5.73 Å². The first-order valence-electron chi connectivity index (χ1n) is 5.96. The second kappa shape index (κ2) is 4.35. The number of nitrogens with two attached hydrogens (primary N) is 1. The van der Waals surface area contributed by atoms with Gasteiger partial charge in [0.2, 0.25) is 0 Å². The monoisotopic (exact) mass is 307 g/mol. The fraction of sp³-hybridized carbons (Fsp3) is 0.417. The highest BCUT2D eigenvalue weighted by molar-refractivity contribution is 9.10. The summed E-state index contributed by atoms with van der Waals surface area (Å²) in [6, 6.07) is 5.66. The van der Waals surface area contributed by atoms with Crippen molar-refractivity contribution in [3.63, 3.8) is 0 Å². The molecule has 1 aliphatic carbocycles. The highest BCUT2D eigenvalue weighted by atomic mass is 79.9. The average molecular weight is 308 g/mol. The van der Waals surface area contributed by atoms with Crippen LogP contribution in [-0.2, 0) is 6.54 Å². The van der Waals surface area contributed by atoms with E-state index in [9.17, 15) is 0 Å². The van der Waals surface area contributed by atoms with Crippen molar-refractivity contribution < 1.29 is 0 Å². The van der Waals surface area contributed by atoms with E-state index < -0.39 is 0 Å². The molecule has 18 heavy (non-hydrogen) atoms. The first kappa shape index (κ1) is 11.6. The third kappa shape index (κ3) is 2.12. The number of rotatable bonds is 3. The van der Waals surface area contributed by atoms with Crippen molar-refractivity contribution in [1.82, 2.24) is 20.2 Å². The SMILES string of the molecule is CC1CC1Cn1nnnc1-c1cc(N)ccc1Br. The van der Waals surface area contributed by atoms with Gasteiger partial charge in [0.1, 0.15) is 0 Å². The van der Waals surface area contributed by atoms with Crippen LogP contribution < -0.4 is 5.73 Å². The number of tetrazole rings is 1. The fourth-order valence-electron chi connectivity index (χ4n) is 2.11. The van der Waals surface area contributed by atoms with Gasteiger partial charge in [-0.3, -0.25) is 0 Å². The molecule has 0 saturated heterocycles. The summed E-state index contributed by atoms with van der Waals surface area (Å²) >= 11 is 3.52. The molecule has 1 aromatic carbocycles. The fourth-order valence-corrected chi connectivity index (χ4v) is 2.53. The zero-order chi connectivity index (χ0) is 12.7. The van der Waals surface area contributed by atoms with Crippen LogP contribution in [-0.4, -0.2) is 20.2 Å². The Morgan fingerprint density at radius 1 is 1.50 bits per heavy atom. The minimum Gasteiger partial charge on any atom is -0.399 e. The van der Waals surface area contributed by atoms with Crippen molar-refractivity contribution >= 4 is 21.6 Å². The van der Waals surface area contributed by atoms with Gasteiger partial charge in [0, 0.05) is 22.3 Å². The Labute approximate surface area is 113 Å². The summed E-state index contributed by atoms with van der Waals surface area (Å²) in [5.41, 5.74) is 7.47. The maximum atomic E-state index is 5.82. The van der Waals surface area contributed by atoms with Crippen LogP contribution in [0, 0.1) is 11.8 Å². The van der Waals surface area contributed by atoms with Crippen molar-refractivity contribution in [3.8, 4) is 11.4 Å². The standard InChI is InChI=1S/C12H14BrN5/c1-7-4-8(7)6-18-12(15-16-17-18)10-5-9(14)2-3-11(10)13/h2-3,5,7-8H,4,6,14H2,1H3. The lowest BCUT2D eigenvalue weighted by atomic mass is 10.2. The first-order valence-corrected chi connectivity index (χ1v) is 6.76. The summed E-state index contributed by atoms with van der Waals surface area (Å²) in [7, 11) is 0. The number of hydrogen-bond acceptors (Lipinski definition) is 4. The van der Waals surface area contributed by atoms with Gasteiger partial charge >= 0.3 is 0 Å². The van der Waals surface area contributed by atoms with E-state index in [4.69, 9.17) is 5.73 Å². The zero-order valence-electron chi connectivity index (χ0n) is 10.0. The van der Waals surface area contributed by atoms with Crippen molar-refractivity contribution in [1.29, 1.82) is 0 Å². The smallest absolute Gasteiger partial charge is 0.183 e. The van der Waals surface area contributed by atoms with E-state index in [1.54, 1.807) is 0 Å². The molecule has 2 atom stereocenters. The maximum Gasteiger partial charge on any atom is 0.183 e. The molecule has 0 bridgehead atoms. The minimum absolute atomic E-state index is 0.701. The second-order valence-corrected chi connectivity index (χ2v) is 5.75. The van der Waals surface area contributed by atoms with Gasteiger partial charge in [0.15, 0.2) is 5.82 Å². The topological polar surface area (TPSA) is 69.6 Å². The van der Waals surface area contributed by atoms with Crippen LogP contribution in [0.15, 0.2) is 22.7 Å². The highest BCUT2D eigenvalue weighted by Gasteiger charge is 2.33. The third-order valence-electron chi connectivity index (χ3n) is 3.45. The Morgan fingerprint density at radius 3 is 3.00 bits per heavy atom. The lowest BCUT2D eigenvalue weighted by Crippen LogP contribution is -2.06. The number of benzene rings is 1. The van der Waals surface area contributed by atoms with E-state index in [-0.39, 0.29) is 0 Å². The van der Waals surface area contributed by atoms with E-state index in [2.05, 4.69) is 38.4 Å². The molecular weight excluding hydrogens is 294 g/mol. The summed E-state index contributed by atoms with van der Waals surface area (Å²) in [5, 5.41) is 12.0. The molecule has 6 heteroatoms. The van der Waals surface area contributed by atoms with E-state index in [0.717, 1.165) is 28.3 Å². The molecule has 1 heterocycles. The molecule has 1 saturated carbocycles. The van der Waals surface area contributed by atoms with Gasteiger partial charge < -0.3 is 5.73 Å². The summed E-state index contributed by atoms with van der Waals surface area (Å²) in [6.07, 6.45) is 1.26. The number of nitrogens with zero attached hydrogens (tertiary/aromatic N) is 4. The molecule has 2 aromatic rings. The molecular formula is C12H14BrN5. The van der Waals surface area contributed by atoms with E-state index in [0.29, 0.717) is 11.6 Å². The molecule has 1 fully saturated rings. The lowest BCUT2D eigenvalue weighted by Gasteiger charge is -2.06. The lowest BCUT2D eigenvalue weighted by molar-refractivity contribution is 0.528. The summed E-state index contributed by atoms with van der Waals surface area (Å²) in [6.45, 7) is 3.13. The molecule has 0 radical (unpaired) electrons. The van der Waals surface area contributed by atoms with Crippen LogP contribution in [0.25, 0.3) is 11.4 Å². The second-order valence-electron chi connectivity index (χ2n) is 4.90.